The molecule has 0 aliphatic heterocycles. The van der Waals surface area contributed by atoms with E-state index in [0.29, 0.717) is 0 Å². The van der Waals surface area contributed by atoms with Crippen molar-refractivity contribution in [2.24, 2.45) is 0 Å². The molecule has 0 saturated heterocycles. The Morgan fingerprint density at radius 3 is 2.71 bits per heavy atom. The van der Waals surface area contributed by atoms with Gasteiger partial charge in [-0.05, 0) is 31.5 Å². The van der Waals surface area contributed by atoms with Crippen LogP contribution in [0.5, 0.6) is 5.75 Å². The number of carbonyl (C=O) groups is 1. The van der Waals surface area contributed by atoms with Crippen molar-refractivity contribution in [1.29, 1.82) is 0 Å². The van der Waals surface area contributed by atoms with Crippen molar-refractivity contribution >= 4 is 23.2 Å². The van der Waals surface area contributed by atoms with E-state index in [9.17, 15) is 14.9 Å². The highest BCUT2D eigenvalue weighted by atomic mass is 35.5. The Bertz CT molecular complexity index is 764. The summed E-state index contributed by atoms with van der Waals surface area (Å²) < 4.78 is 5.67. The first-order valence-electron chi connectivity index (χ1n) is 7.31. The fourth-order valence-corrected chi connectivity index (χ4v) is 2.28. The maximum Gasteiger partial charge on any atom is 0.270 e. The normalized spacial score (nSPS) is 11.6. The summed E-state index contributed by atoms with van der Waals surface area (Å²) in [6.07, 6.45) is 0. The molecule has 0 aliphatic rings. The number of para-hydroxylation sites is 1. The maximum atomic E-state index is 12.3. The zero-order valence-electron chi connectivity index (χ0n) is 13.3. The molecule has 2 rings (SSSR count). The molecule has 0 unspecified atom stereocenters. The smallest absolute Gasteiger partial charge is 0.270 e. The lowest BCUT2D eigenvalue weighted by Gasteiger charge is -2.16. The van der Waals surface area contributed by atoms with E-state index in [1.54, 1.807) is 6.92 Å². The Morgan fingerprint density at radius 2 is 2.04 bits per heavy atom. The monoisotopic (exact) mass is 348 g/mol. The average molecular weight is 349 g/mol. The Hall–Kier alpha value is -2.60. The van der Waals surface area contributed by atoms with Gasteiger partial charge < -0.3 is 10.1 Å². The summed E-state index contributed by atoms with van der Waals surface area (Å²) in [4.78, 5) is 22.5. The van der Waals surface area contributed by atoms with Crippen molar-refractivity contribution < 1.29 is 14.5 Å². The molecule has 0 aromatic heterocycles. The van der Waals surface area contributed by atoms with Crippen LogP contribution in [-0.4, -0.2) is 23.5 Å². The van der Waals surface area contributed by atoms with Crippen LogP contribution in [0, 0.1) is 17.0 Å². The van der Waals surface area contributed by atoms with Crippen molar-refractivity contribution in [3.05, 3.63) is 68.7 Å². The lowest BCUT2D eigenvalue weighted by molar-refractivity contribution is -0.384. The van der Waals surface area contributed by atoms with Crippen LogP contribution in [0.4, 0.5) is 5.69 Å². The summed E-state index contributed by atoms with van der Waals surface area (Å²) >= 11 is 5.96. The number of nitrogens with zero attached hydrogens (tertiary/aromatic N) is 1. The van der Waals surface area contributed by atoms with Crippen LogP contribution < -0.4 is 10.1 Å². The second-order valence-corrected chi connectivity index (χ2v) is 5.78. The molecule has 2 aromatic rings. The number of benzene rings is 2. The third-order valence-corrected chi connectivity index (χ3v) is 3.69. The molecule has 6 nitrogen and oxygen atoms in total. The molecular weight excluding hydrogens is 332 g/mol. The Morgan fingerprint density at radius 1 is 1.33 bits per heavy atom. The number of nitro benzene ring substituents is 1. The van der Waals surface area contributed by atoms with E-state index in [-0.39, 0.29) is 28.9 Å². The molecule has 0 bridgehead atoms. The van der Waals surface area contributed by atoms with Crippen LogP contribution in [0.2, 0.25) is 5.02 Å². The van der Waals surface area contributed by atoms with Crippen molar-refractivity contribution in [2.45, 2.75) is 19.9 Å². The number of carbonyl (C=O) groups excluding carboxylic acids is 1. The molecule has 1 amide bonds. The van der Waals surface area contributed by atoms with Gasteiger partial charge in [0.2, 0.25) is 0 Å². The molecule has 0 saturated carbocycles. The van der Waals surface area contributed by atoms with Gasteiger partial charge in [-0.25, -0.2) is 0 Å². The molecule has 1 N–H and O–H groups in total. The number of rotatable bonds is 6. The molecule has 126 valence electrons. The van der Waals surface area contributed by atoms with E-state index in [2.05, 4.69) is 5.32 Å². The highest BCUT2D eigenvalue weighted by molar-refractivity contribution is 6.33. The van der Waals surface area contributed by atoms with Crippen molar-refractivity contribution in [3.63, 3.8) is 0 Å². The van der Waals surface area contributed by atoms with E-state index < -0.39 is 10.8 Å². The first kappa shape index (κ1) is 17.7. The van der Waals surface area contributed by atoms with Crippen LogP contribution in [0.1, 0.15) is 22.8 Å². The summed E-state index contributed by atoms with van der Waals surface area (Å²) in [6, 6.07) is 11.0. The minimum Gasteiger partial charge on any atom is -0.491 e. The Kier molecular flexibility index (Phi) is 5.76. The summed E-state index contributed by atoms with van der Waals surface area (Å²) in [5.74, 6) is 0.261. The van der Waals surface area contributed by atoms with E-state index >= 15 is 0 Å². The second kappa shape index (κ2) is 7.79. The molecule has 0 fully saturated rings. The molecule has 2 aromatic carbocycles. The highest BCUT2D eigenvalue weighted by Crippen LogP contribution is 2.22. The number of non-ortho nitro benzene ring substituents is 1. The van der Waals surface area contributed by atoms with Crippen molar-refractivity contribution in [3.8, 4) is 5.75 Å². The van der Waals surface area contributed by atoms with Gasteiger partial charge in [-0.15, -0.1) is 0 Å². The third-order valence-electron chi connectivity index (χ3n) is 3.37. The van der Waals surface area contributed by atoms with Gasteiger partial charge in [0.1, 0.15) is 12.4 Å². The van der Waals surface area contributed by atoms with Crippen LogP contribution in [0.15, 0.2) is 42.5 Å². The molecule has 0 heterocycles. The summed E-state index contributed by atoms with van der Waals surface area (Å²) in [5.41, 5.74) is 0.875. The second-order valence-electron chi connectivity index (χ2n) is 5.37. The molecular formula is C17H17ClN2O4. The van der Waals surface area contributed by atoms with Gasteiger partial charge in [-0.1, -0.05) is 29.8 Å². The number of ether oxygens (including phenoxy) is 1. The number of amides is 1. The zero-order chi connectivity index (χ0) is 17.7. The van der Waals surface area contributed by atoms with Crippen LogP contribution in [0.25, 0.3) is 0 Å². The van der Waals surface area contributed by atoms with Crippen LogP contribution in [-0.2, 0) is 0 Å². The number of aryl methyl sites for hydroxylation is 1. The SMILES string of the molecule is Cc1ccccc1OC[C@@H](C)NC(=O)c1cc([N+](=O)[O-])ccc1Cl. The predicted molar refractivity (Wildman–Crippen MR) is 91.7 cm³/mol. The first-order valence-corrected chi connectivity index (χ1v) is 7.69. The van der Waals surface area contributed by atoms with Gasteiger partial charge >= 0.3 is 0 Å². The number of nitrogens with one attached hydrogen (secondary N) is 1. The zero-order valence-corrected chi connectivity index (χ0v) is 14.0. The molecule has 0 spiro atoms. The van der Waals surface area contributed by atoms with Crippen LogP contribution >= 0.6 is 11.6 Å². The topological polar surface area (TPSA) is 81.5 Å². The van der Waals surface area contributed by atoms with E-state index in [0.717, 1.165) is 17.4 Å². The maximum absolute atomic E-state index is 12.3. The quantitative estimate of drug-likeness (QED) is 0.636. The standard InChI is InChI=1S/C17H17ClN2O4/c1-11-5-3-4-6-16(11)24-10-12(2)19-17(21)14-9-13(20(22)23)7-8-15(14)18/h3-9,12H,10H2,1-2H3,(H,19,21)/t12-/m1/s1. The molecule has 0 aliphatic carbocycles. The van der Waals surface area contributed by atoms with Gasteiger partial charge in [-0.3, -0.25) is 14.9 Å². The summed E-state index contributed by atoms with van der Waals surface area (Å²) in [6.45, 7) is 3.98. The van der Waals surface area contributed by atoms with E-state index in [1.807, 2.05) is 31.2 Å². The first-order chi connectivity index (χ1) is 11.4. The van der Waals surface area contributed by atoms with Gasteiger partial charge in [0.15, 0.2) is 0 Å². The van der Waals surface area contributed by atoms with Gasteiger partial charge in [0.25, 0.3) is 11.6 Å². The minimum absolute atomic E-state index is 0.0635. The van der Waals surface area contributed by atoms with Gasteiger partial charge in [0, 0.05) is 12.1 Å². The lowest BCUT2D eigenvalue weighted by atomic mass is 10.1. The molecule has 24 heavy (non-hydrogen) atoms. The number of hydrogen-bond acceptors (Lipinski definition) is 4. The largest absolute Gasteiger partial charge is 0.491 e. The summed E-state index contributed by atoms with van der Waals surface area (Å²) in [7, 11) is 0. The van der Waals surface area contributed by atoms with E-state index in [4.69, 9.17) is 16.3 Å². The molecule has 0 radical (unpaired) electrons. The fourth-order valence-electron chi connectivity index (χ4n) is 2.08. The van der Waals surface area contributed by atoms with Gasteiger partial charge in [-0.2, -0.15) is 0 Å². The molecule has 7 heteroatoms. The van der Waals surface area contributed by atoms with Gasteiger partial charge in [0.05, 0.1) is 21.6 Å². The number of hydrogen-bond donors (Lipinski definition) is 1. The third kappa shape index (κ3) is 4.45. The number of halogens is 1. The molecule has 1 atom stereocenters. The predicted octanol–water partition coefficient (Wildman–Crippen LogP) is 3.75. The minimum atomic E-state index is -0.572. The van der Waals surface area contributed by atoms with Crippen LogP contribution in [0.3, 0.4) is 0 Å². The summed E-state index contributed by atoms with van der Waals surface area (Å²) in [5, 5.41) is 13.7. The number of nitro groups is 1. The van der Waals surface area contributed by atoms with Crippen molar-refractivity contribution in [2.75, 3.05) is 6.61 Å². The Balaban J connectivity index is 2.00. The fraction of sp³-hybridized carbons (Fsp3) is 0.235. The highest BCUT2D eigenvalue weighted by Gasteiger charge is 2.17. The average Bonchev–Trinajstić information content (AvgIpc) is 2.54. The lowest BCUT2D eigenvalue weighted by Crippen LogP contribution is -2.37. The van der Waals surface area contributed by atoms with Crippen molar-refractivity contribution in [1.82, 2.24) is 5.32 Å². The Labute approximate surface area is 144 Å². The van der Waals surface area contributed by atoms with E-state index in [1.165, 1.54) is 12.1 Å².